The zero-order chi connectivity index (χ0) is 38.1. The van der Waals surface area contributed by atoms with Gasteiger partial charge in [-0.3, -0.25) is 19.2 Å². The number of carbonyl (C=O) groups excluding carboxylic acids is 4. The number of imide groups is 2. The Bertz CT molecular complexity index is 2280. The normalized spacial score (nSPS) is 26.2. The molecule has 0 spiro atoms. The molecule has 2 aliphatic heterocycles. The predicted octanol–water partition coefficient (Wildman–Crippen LogP) is 7.94. The zero-order valence-electron chi connectivity index (χ0n) is 29.7. The van der Waals surface area contributed by atoms with Crippen LogP contribution >= 0.6 is 23.2 Å². The largest absolute Gasteiger partial charge is 0.502 e. The Kier molecular flexibility index (Phi) is 8.90. The maximum absolute atomic E-state index is 15.4. The molecule has 0 radical (unpaired) electrons. The number of rotatable bonds is 7. The van der Waals surface area contributed by atoms with Crippen molar-refractivity contribution < 1.29 is 33.8 Å². The lowest BCUT2D eigenvalue weighted by molar-refractivity contribution is -0.128. The number of halogens is 2. The number of phenolic OH excluding ortho intramolecular Hbond substituents is 1. The molecule has 8 rings (SSSR count). The van der Waals surface area contributed by atoms with Crippen molar-refractivity contribution in [2.24, 2.45) is 29.6 Å². The number of allylic oxidation sites excluding steroid dienone is 3. The van der Waals surface area contributed by atoms with Crippen molar-refractivity contribution in [2.75, 3.05) is 24.0 Å². The van der Waals surface area contributed by atoms with Crippen LogP contribution in [0.2, 0.25) is 10.0 Å². The molecule has 4 aromatic carbocycles. The molecule has 54 heavy (non-hydrogen) atoms. The van der Waals surface area contributed by atoms with Crippen molar-refractivity contribution in [1.29, 1.82) is 0 Å². The van der Waals surface area contributed by atoms with E-state index in [4.69, 9.17) is 32.7 Å². The number of amides is 4. The van der Waals surface area contributed by atoms with Crippen LogP contribution in [0.25, 0.3) is 6.08 Å². The van der Waals surface area contributed by atoms with Crippen LogP contribution in [0, 0.1) is 36.5 Å². The molecule has 2 aliphatic carbocycles. The van der Waals surface area contributed by atoms with Crippen LogP contribution in [-0.4, -0.2) is 43.0 Å². The number of aryl methyl sites for hydroxylation is 1. The van der Waals surface area contributed by atoms with E-state index >= 15 is 4.79 Å². The number of nitrogens with zero attached hydrogens (tertiary/aromatic N) is 2. The molecule has 11 heteroatoms. The van der Waals surface area contributed by atoms with Gasteiger partial charge in [0.25, 0.3) is 0 Å². The molecule has 4 aliphatic rings. The van der Waals surface area contributed by atoms with E-state index in [2.05, 4.69) is 0 Å². The van der Waals surface area contributed by atoms with Gasteiger partial charge in [0.1, 0.15) is 0 Å². The smallest absolute Gasteiger partial charge is 0.246 e. The quantitative estimate of drug-likeness (QED) is 0.150. The first-order chi connectivity index (χ1) is 26.0. The van der Waals surface area contributed by atoms with E-state index in [1.807, 2.05) is 55.5 Å². The third kappa shape index (κ3) is 5.28. The summed E-state index contributed by atoms with van der Waals surface area (Å²) in [6.07, 6.45) is 6.15. The Morgan fingerprint density at radius 3 is 2.17 bits per heavy atom. The second kappa shape index (κ2) is 13.5. The van der Waals surface area contributed by atoms with E-state index < -0.39 is 46.8 Å². The first-order valence-electron chi connectivity index (χ1n) is 17.7. The zero-order valence-corrected chi connectivity index (χ0v) is 31.2. The number of hydrogen-bond donors (Lipinski definition) is 1. The minimum Gasteiger partial charge on any atom is -0.502 e. The molecule has 6 atom stereocenters. The second-order valence-electron chi connectivity index (χ2n) is 14.2. The van der Waals surface area contributed by atoms with Gasteiger partial charge in [0.05, 0.1) is 48.8 Å². The number of methoxy groups -OCH3 is 2. The fraction of sp³-hybridized carbons (Fsp3) is 0.256. The van der Waals surface area contributed by atoms with Gasteiger partial charge in [-0.25, -0.2) is 9.80 Å². The molecule has 3 fully saturated rings. The molecule has 274 valence electrons. The monoisotopic (exact) mass is 762 g/mol. The molecule has 4 amide bonds. The summed E-state index contributed by atoms with van der Waals surface area (Å²) in [5, 5.41) is 11.4. The highest BCUT2D eigenvalue weighted by Gasteiger charge is 2.69. The second-order valence-corrected chi connectivity index (χ2v) is 15.1. The van der Waals surface area contributed by atoms with Crippen LogP contribution in [-0.2, 0) is 24.6 Å². The van der Waals surface area contributed by atoms with E-state index in [9.17, 15) is 19.5 Å². The lowest BCUT2D eigenvalue weighted by Crippen LogP contribution is -2.54. The van der Waals surface area contributed by atoms with Gasteiger partial charge in [-0.1, -0.05) is 89.5 Å². The molecule has 9 nitrogen and oxygen atoms in total. The Morgan fingerprint density at radius 2 is 1.50 bits per heavy atom. The Hall–Kier alpha value is -5.38. The minimum atomic E-state index is -1.42. The van der Waals surface area contributed by atoms with Crippen molar-refractivity contribution in [1.82, 2.24) is 0 Å². The van der Waals surface area contributed by atoms with Crippen molar-refractivity contribution in [3.8, 4) is 17.2 Å². The van der Waals surface area contributed by atoms with Crippen LogP contribution in [0.3, 0.4) is 0 Å². The topological polar surface area (TPSA) is 113 Å². The summed E-state index contributed by atoms with van der Waals surface area (Å²) in [5.41, 5.74) is 2.21. The molecule has 1 N–H and O–H groups in total. The first kappa shape index (κ1) is 35.6. The fourth-order valence-electron chi connectivity index (χ4n) is 9.18. The fourth-order valence-corrected chi connectivity index (χ4v) is 9.54. The molecule has 4 aromatic rings. The lowest BCUT2D eigenvalue weighted by atomic mass is 9.50. The summed E-state index contributed by atoms with van der Waals surface area (Å²) >= 11 is 12.9. The number of ether oxygens (including phenoxy) is 2. The number of phenols is 1. The number of aromatic hydroxyl groups is 1. The van der Waals surface area contributed by atoms with E-state index in [0.29, 0.717) is 32.5 Å². The summed E-state index contributed by atoms with van der Waals surface area (Å²) in [6, 6.07) is 24.4. The Morgan fingerprint density at radius 1 is 0.796 bits per heavy atom. The van der Waals surface area contributed by atoms with Crippen LogP contribution in [0.4, 0.5) is 11.4 Å². The number of carbonyl (C=O) groups is 4. The average molecular weight is 764 g/mol. The molecule has 0 bridgehead atoms. The average Bonchev–Trinajstić information content (AvgIpc) is 3.56. The molecule has 2 heterocycles. The summed E-state index contributed by atoms with van der Waals surface area (Å²) in [6.45, 7) is 1.85. The summed E-state index contributed by atoms with van der Waals surface area (Å²) < 4.78 is 10.8. The SMILES string of the molecule is COc1cc(C=C[C@H]2C3=CC[C@@H]4C(=O)N(c5ccc(C)c(Cl)c5)C(=O)[C@@H]4[C@@H]3C[C@H]3C(=O)N(c4cccc(Cl)c4)C(=O)[C@@]23c2ccccc2)cc(OC)c1O. The van der Waals surface area contributed by atoms with E-state index in [1.54, 1.807) is 54.6 Å². The van der Waals surface area contributed by atoms with Gasteiger partial charge in [-0.2, -0.15) is 0 Å². The minimum absolute atomic E-state index is 0.158. The maximum atomic E-state index is 15.4. The summed E-state index contributed by atoms with van der Waals surface area (Å²) in [7, 11) is 2.87. The predicted molar refractivity (Wildman–Crippen MR) is 206 cm³/mol. The van der Waals surface area contributed by atoms with Gasteiger partial charge in [-0.15, -0.1) is 0 Å². The first-order valence-corrected chi connectivity index (χ1v) is 18.4. The van der Waals surface area contributed by atoms with Gasteiger partial charge in [-0.05, 0) is 84.8 Å². The van der Waals surface area contributed by atoms with Gasteiger partial charge < -0.3 is 14.6 Å². The highest BCUT2D eigenvalue weighted by molar-refractivity contribution is 6.33. The number of anilines is 2. The van der Waals surface area contributed by atoms with Crippen LogP contribution in [0.15, 0.2) is 103 Å². The van der Waals surface area contributed by atoms with E-state index in [0.717, 1.165) is 11.1 Å². The summed E-state index contributed by atoms with van der Waals surface area (Å²) in [4.78, 5) is 61.4. The summed E-state index contributed by atoms with van der Waals surface area (Å²) in [5.74, 6) is -4.85. The van der Waals surface area contributed by atoms with Crippen LogP contribution < -0.4 is 19.3 Å². The van der Waals surface area contributed by atoms with Gasteiger partial charge in [0.2, 0.25) is 29.4 Å². The molecular weight excluding hydrogens is 727 g/mol. The van der Waals surface area contributed by atoms with E-state index in [-0.39, 0.29) is 41.9 Å². The molecule has 0 unspecified atom stereocenters. The molecule has 1 saturated carbocycles. The molecular formula is C43H36Cl2N2O7. The van der Waals surface area contributed by atoms with Crippen molar-refractivity contribution in [2.45, 2.75) is 25.2 Å². The Labute approximate surface area is 322 Å². The van der Waals surface area contributed by atoms with Gasteiger partial charge >= 0.3 is 0 Å². The van der Waals surface area contributed by atoms with Crippen LogP contribution in [0.1, 0.15) is 29.5 Å². The third-order valence-corrected chi connectivity index (χ3v) is 12.3. The number of hydrogen-bond acceptors (Lipinski definition) is 7. The lowest BCUT2D eigenvalue weighted by Gasteiger charge is -2.49. The Balaban J connectivity index is 1.32. The molecule has 2 saturated heterocycles. The number of fused-ring (bicyclic) bond motifs is 4. The number of benzene rings is 4. The van der Waals surface area contributed by atoms with Gasteiger partial charge in [0, 0.05) is 16.0 Å². The molecule has 0 aromatic heterocycles. The maximum Gasteiger partial charge on any atom is 0.246 e. The highest BCUT2D eigenvalue weighted by atomic mass is 35.5. The van der Waals surface area contributed by atoms with Gasteiger partial charge in [0.15, 0.2) is 11.5 Å². The van der Waals surface area contributed by atoms with E-state index in [1.165, 1.54) is 24.0 Å². The van der Waals surface area contributed by atoms with Crippen molar-refractivity contribution >= 4 is 64.3 Å². The third-order valence-electron chi connectivity index (χ3n) is 11.6. The van der Waals surface area contributed by atoms with Crippen LogP contribution in [0.5, 0.6) is 17.2 Å². The van der Waals surface area contributed by atoms with Crippen molar-refractivity contribution in [3.05, 3.63) is 129 Å². The highest BCUT2D eigenvalue weighted by Crippen LogP contribution is 2.62. The standard InChI is InChI=1S/C43H36Cl2N2O7/c1-23-12-14-28(21-34(23)45)46-39(49)30-16-15-29-31(37(30)41(46)51)22-33-40(50)47(27-11-7-10-26(44)20-27)42(52)43(33,25-8-5-4-6-9-25)32(29)17-13-24-18-35(53-2)38(48)36(19-24)54-3/h4-15,17-21,30-33,37,48H,16,22H2,1-3H3/t30-,31+,32-,33-,37-,43-/m0/s1. The van der Waals surface area contributed by atoms with Crippen molar-refractivity contribution in [3.63, 3.8) is 0 Å².